The van der Waals surface area contributed by atoms with E-state index in [-0.39, 0.29) is 17.9 Å². The van der Waals surface area contributed by atoms with Gasteiger partial charge in [-0.05, 0) is 55.0 Å². The number of hydrogen-bond donors (Lipinski definition) is 1. The Balaban J connectivity index is 1.57. The lowest BCUT2D eigenvalue weighted by Gasteiger charge is -2.39. The van der Waals surface area contributed by atoms with Crippen molar-refractivity contribution in [2.45, 2.75) is 32.7 Å². The lowest BCUT2D eigenvalue weighted by atomic mass is 9.77. The number of amides is 1. The highest BCUT2D eigenvalue weighted by molar-refractivity contribution is 5.79. The molecule has 1 unspecified atom stereocenters. The van der Waals surface area contributed by atoms with Gasteiger partial charge in [0.05, 0.1) is 7.11 Å². The van der Waals surface area contributed by atoms with E-state index in [9.17, 15) is 9.90 Å². The molecule has 1 spiro atoms. The van der Waals surface area contributed by atoms with Crippen LogP contribution in [0.3, 0.4) is 0 Å². The van der Waals surface area contributed by atoms with Crippen LogP contribution in [0.25, 0.3) is 0 Å². The predicted octanol–water partition coefficient (Wildman–Crippen LogP) is 2.14. The maximum Gasteiger partial charge on any atom is 0.223 e. The Kier molecular flexibility index (Phi) is 5.64. The summed E-state index contributed by atoms with van der Waals surface area (Å²) in [4.78, 5) is 17.0. The second kappa shape index (κ2) is 7.75. The van der Waals surface area contributed by atoms with Gasteiger partial charge >= 0.3 is 0 Å². The van der Waals surface area contributed by atoms with E-state index >= 15 is 0 Å². The van der Waals surface area contributed by atoms with Gasteiger partial charge in [0.1, 0.15) is 5.75 Å². The number of nitrogens with zero attached hydrogens (tertiary/aromatic N) is 2. The molecule has 2 saturated heterocycles. The molecule has 0 radical (unpaired) electrons. The van der Waals surface area contributed by atoms with Crippen molar-refractivity contribution in [3.63, 3.8) is 0 Å². The molecule has 0 bridgehead atoms. The number of ether oxygens (including phenoxy) is 1. The Morgan fingerprint density at radius 2 is 2.08 bits per heavy atom. The quantitative estimate of drug-likeness (QED) is 0.857. The fraction of sp³-hybridized carbons (Fsp3) is 0.650. The van der Waals surface area contributed by atoms with Crippen LogP contribution in [0.4, 0.5) is 0 Å². The highest BCUT2D eigenvalue weighted by Gasteiger charge is 2.44. The van der Waals surface area contributed by atoms with Crippen LogP contribution in [0.5, 0.6) is 5.75 Å². The number of benzene rings is 1. The smallest absolute Gasteiger partial charge is 0.223 e. The van der Waals surface area contributed by atoms with Crippen molar-refractivity contribution in [1.82, 2.24) is 9.80 Å². The van der Waals surface area contributed by atoms with Crippen LogP contribution in [0, 0.1) is 11.3 Å². The molecular formula is C20H30N2O3. The standard InChI is InChI=1S/C20H30N2O3/c1-16(14-23)12-21-8-6-20(7-9-21)11-19(24)22(15-20)13-17-4-3-5-18(10-17)25-2/h3-5,10,16,23H,6-9,11-15H2,1-2H3. The highest BCUT2D eigenvalue weighted by Crippen LogP contribution is 2.41. The number of methoxy groups -OCH3 is 1. The van der Waals surface area contributed by atoms with Gasteiger partial charge < -0.3 is 19.6 Å². The van der Waals surface area contributed by atoms with Gasteiger partial charge in [-0.2, -0.15) is 0 Å². The first-order valence-electron chi connectivity index (χ1n) is 9.27. The summed E-state index contributed by atoms with van der Waals surface area (Å²) < 4.78 is 5.28. The monoisotopic (exact) mass is 346 g/mol. The van der Waals surface area contributed by atoms with Crippen molar-refractivity contribution in [1.29, 1.82) is 0 Å². The van der Waals surface area contributed by atoms with Crippen molar-refractivity contribution in [2.75, 3.05) is 39.9 Å². The molecule has 1 amide bonds. The Bertz CT molecular complexity index is 596. The van der Waals surface area contributed by atoms with Gasteiger partial charge in [0, 0.05) is 32.7 Å². The van der Waals surface area contributed by atoms with Crippen LogP contribution in [0.2, 0.25) is 0 Å². The van der Waals surface area contributed by atoms with Crippen molar-refractivity contribution in [2.24, 2.45) is 11.3 Å². The summed E-state index contributed by atoms with van der Waals surface area (Å²) in [6.45, 7) is 6.88. The van der Waals surface area contributed by atoms with E-state index in [4.69, 9.17) is 4.74 Å². The summed E-state index contributed by atoms with van der Waals surface area (Å²) in [7, 11) is 1.67. The summed E-state index contributed by atoms with van der Waals surface area (Å²) in [6, 6.07) is 7.97. The lowest BCUT2D eigenvalue weighted by molar-refractivity contribution is -0.128. The number of carbonyl (C=O) groups is 1. The van der Waals surface area contributed by atoms with Gasteiger partial charge in [-0.25, -0.2) is 0 Å². The van der Waals surface area contributed by atoms with Gasteiger partial charge in [0.15, 0.2) is 0 Å². The fourth-order valence-electron chi connectivity index (χ4n) is 4.16. The number of carbonyl (C=O) groups excluding carboxylic acids is 1. The largest absolute Gasteiger partial charge is 0.497 e. The van der Waals surface area contributed by atoms with Crippen LogP contribution >= 0.6 is 0 Å². The molecule has 3 rings (SSSR count). The zero-order chi connectivity index (χ0) is 17.9. The van der Waals surface area contributed by atoms with Crippen LogP contribution in [-0.2, 0) is 11.3 Å². The third-order valence-corrected chi connectivity index (χ3v) is 5.71. The summed E-state index contributed by atoms with van der Waals surface area (Å²) in [5.41, 5.74) is 1.27. The molecule has 1 aromatic rings. The van der Waals surface area contributed by atoms with Gasteiger partial charge in [-0.15, -0.1) is 0 Å². The fourth-order valence-corrected chi connectivity index (χ4v) is 4.16. The van der Waals surface area contributed by atoms with E-state index < -0.39 is 0 Å². The van der Waals surface area contributed by atoms with E-state index in [1.54, 1.807) is 7.11 Å². The van der Waals surface area contributed by atoms with Crippen LogP contribution in [0.1, 0.15) is 31.7 Å². The van der Waals surface area contributed by atoms with Gasteiger partial charge in [-0.1, -0.05) is 19.1 Å². The number of aliphatic hydroxyl groups excluding tert-OH is 1. The Morgan fingerprint density at radius 3 is 2.76 bits per heavy atom. The van der Waals surface area contributed by atoms with E-state index in [1.807, 2.05) is 23.1 Å². The third kappa shape index (κ3) is 4.33. The number of piperidine rings is 1. The van der Waals surface area contributed by atoms with E-state index in [0.717, 1.165) is 50.3 Å². The zero-order valence-corrected chi connectivity index (χ0v) is 15.4. The van der Waals surface area contributed by atoms with Gasteiger partial charge in [0.25, 0.3) is 0 Å². The van der Waals surface area contributed by atoms with Crippen molar-refractivity contribution < 1.29 is 14.6 Å². The van der Waals surface area contributed by atoms with Crippen LogP contribution in [-0.4, -0.2) is 60.7 Å². The van der Waals surface area contributed by atoms with Crippen LogP contribution in [0.15, 0.2) is 24.3 Å². The first-order valence-corrected chi connectivity index (χ1v) is 9.27. The van der Waals surface area contributed by atoms with E-state index in [2.05, 4.69) is 17.9 Å². The summed E-state index contributed by atoms with van der Waals surface area (Å²) in [5.74, 6) is 1.44. The molecule has 5 nitrogen and oxygen atoms in total. The molecule has 138 valence electrons. The zero-order valence-electron chi connectivity index (χ0n) is 15.4. The third-order valence-electron chi connectivity index (χ3n) is 5.71. The molecule has 5 heteroatoms. The number of aliphatic hydroxyl groups is 1. The maximum absolute atomic E-state index is 12.6. The molecule has 1 aromatic carbocycles. The molecule has 1 N–H and O–H groups in total. The van der Waals surface area contributed by atoms with E-state index in [1.165, 1.54) is 0 Å². The predicted molar refractivity (Wildman–Crippen MR) is 97.4 cm³/mol. The first-order chi connectivity index (χ1) is 12.0. The average Bonchev–Trinajstić information content (AvgIpc) is 2.92. The molecule has 2 aliphatic rings. The second-order valence-corrected chi connectivity index (χ2v) is 7.87. The Labute approximate surface area is 150 Å². The topological polar surface area (TPSA) is 53.0 Å². The Hall–Kier alpha value is -1.59. The van der Waals surface area contributed by atoms with Crippen molar-refractivity contribution >= 4 is 5.91 Å². The number of rotatable bonds is 6. The van der Waals surface area contributed by atoms with Crippen molar-refractivity contribution in [3.05, 3.63) is 29.8 Å². The van der Waals surface area contributed by atoms with E-state index in [0.29, 0.717) is 18.9 Å². The molecule has 0 aromatic heterocycles. The molecule has 25 heavy (non-hydrogen) atoms. The minimum atomic E-state index is 0.148. The molecule has 2 fully saturated rings. The highest BCUT2D eigenvalue weighted by atomic mass is 16.5. The van der Waals surface area contributed by atoms with Gasteiger partial charge in [0.2, 0.25) is 5.91 Å². The normalized spacial score (nSPS) is 21.7. The molecule has 2 aliphatic heterocycles. The molecule has 1 atom stereocenters. The lowest BCUT2D eigenvalue weighted by Crippen LogP contribution is -2.43. The minimum Gasteiger partial charge on any atom is -0.497 e. The number of hydrogen-bond acceptors (Lipinski definition) is 4. The summed E-state index contributed by atoms with van der Waals surface area (Å²) in [6.07, 6.45) is 2.83. The number of likely N-dealkylation sites (tertiary alicyclic amines) is 2. The molecule has 2 heterocycles. The molecule has 0 saturated carbocycles. The van der Waals surface area contributed by atoms with Crippen LogP contribution < -0.4 is 4.74 Å². The van der Waals surface area contributed by atoms with Crippen molar-refractivity contribution in [3.8, 4) is 5.75 Å². The Morgan fingerprint density at radius 1 is 1.32 bits per heavy atom. The molecule has 0 aliphatic carbocycles. The molecular weight excluding hydrogens is 316 g/mol. The average molecular weight is 346 g/mol. The summed E-state index contributed by atoms with van der Waals surface area (Å²) >= 11 is 0. The van der Waals surface area contributed by atoms with Gasteiger partial charge in [-0.3, -0.25) is 4.79 Å². The first kappa shape index (κ1) is 18.2. The second-order valence-electron chi connectivity index (χ2n) is 7.87. The minimum absolute atomic E-state index is 0.148. The SMILES string of the molecule is COc1cccc(CN2CC3(CCN(CC(C)CO)CC3)CC2=O)c1. The summed E-state index contributed by atoms with van der Waals surface area (Å²) in [5, 5.41) is 9.23. The maximum atomic E-state index is 12.6.